The molecule has 2 atom stereocenters. The van der Waals surface area contributed by atoms with Crippen LogP contribution < -0.4 is 5.32 Å². The summed E-state index contributed by atoms with van der Waals surface area (Å²) in [6.07, 6.45) is 7.49. The van der Waals surface area contributed by atoms with Gasteiger partial charge in [-0.05, 0) is 56.4 Å². The average Bonchev–Trinajstić information content (AvgIpc) is 3.05. The van der Waals surface area contributed by atoms with Crippen molar-refractivity contribution in [2.24, 2.45) is 0 Å². The van der Waals surface area contributed by atoms with Crippen LogP contribution >= 0.6 is 22.9 Å². The Labute approximate surface area is 129 Å². The molecular weight excluding hydrogens is 290 g/mol. The Morgan fingerprint density at radius 2 is 2.45 bits per heavy atom. The molecule has 2 aromatic heterocycles. The van der Waals surface area contributed by atoms with Crippen molar-refractivity contribution < 1.29 is 4.42 Å². The van der Waals surface area contributed by atoms with E-state index in [0.717, 1.165) is 22.9 Å². The first-order chi connectivity index (χ1) is 9.72. The van der Waals surface area contributed by atoms with Crippen LogP contribution in [0.2, 0.25) is 4.34 Å². The molecule has 2 aromatic rings. The van der Waals surface area contributed by atoms with Gasteiger partial charge in [0.25, 0.3) is 0 Å². The summed E-state index contributed by atoms with van der Waals surface area (Å²) in [4.78, 5) is 1.47. The fourth-order valence-electron chi connectivity index (χ4n) is 2.93. The lowest BCUT2D eigenvalue weighted by Crippen LogP contribution is -2.32. The predicted octanol–water partition coefficient (Wildman–Crippen LogP) is 4.98. The minimum atomic E-state index is 0.467. The molecule has 0 amide bonds. The topological polar surface area (TPSA) is 25.2 Å². The van der Waals surface area contributed by atoms with Crippen molar-refractivity contribution in [2.45, 2.75) is 51.1 Å². The molecule has 3 rings (SSSR count). The van der Waals surface area contributed by atoms with Crippen molar-refractivity contribution in [1.82, 2.24) is 5.32 Å². The molecule has 108 valence electrons. The Hall–Kier alpha value is -0.770. The Bertz CT molecular complexity index is 549. The first kappa shape index (κ1) is 14.2. The summed E-state index contributed by atoms with van der Waals surface area (Å²) in [5.41, 5.74) is 1.43. The maximum atomic E-state index is 6.16. The third-order valence-corrected chi connectivity index (χ3v) is 5.31. The van der Waals surface area contributed by atoms with E-state index in [9.17, 15) is 0 Å². The molecule has 0 spiro atoms. The molecule has 20 heavy (non-hydrogen) atoms. The summed E-state index contributed by atoms with van der Waals surface area (Å²) in [6.45, 7) is 2.26. The van der Waals surface area contributed by atoms with Crippen molar-refractivity contribution in [3.63, 3.8) is 0 Å². The fraction of sp³-hybridized carbons (Fsp3) is 0.500. The minimum Gasteiger partial charge on any atom is -0.469 e. The van der Waals surface area contributed by atoms with Crippen LogP contribution in [0, 0.1) is 0 Å². The van der Waals surface area contributed by atoms with Gasteiger partial charge in [-0.2, -0.15) is 0 Å². The quantitative estimate of drug-likeness (QED) is 0.842. The average molecular weight is 310 g/mol. The van der Waals surface area contributed by atoms with Crippen LogP contribution in [0.1, 0.15) is 48.4 Å². The number of hydrogen-bond acceptors (Lipinski definition) is 3. The van der Waals surface area contributed by atoms with Crippen LogP contribution in [0.15, 0.2) is 28.9 Å². The van der Waals surface area contributed by atoms with Crippen LogP contribution in [-0.2, 0) is 12.8 Å². The van der Waals surface area contributed by atoms with E-state index in [-0.39, 0.29) is 0 Å². The molecule has 2 nitrogen and oxygen atoms in total. The molecule has 0 aromatic carbocycles. The lowest BCUT2D eigenvalue weighted by atomic mass is 9.93. The number of thiophene rings is 1. The highest BCUT2D eigenvalue weighted by molar-refractivity contribution is 7.16. The SMILES string of the molecule is CC(CCc1ccco1)NC1CCCc2sc(Cl)cc21. The summed E-state index contributed by atoms with van der Waals surface area (Å²) >= 11 is 7.90. The second kappa shape index (κ2) is 6.33. The Morgan fingerprint density at radius 1 is 1.55 bits per heavy atom. The van der Waals surface area contributed by atoms with Crippen molar-refractivity contribution in [3.8, 4) is 0 Å². The van der Waals surface area contributed by atoms with E-state index in [1.54, 1.807) is 17.6 Å². The molecule has 1 aliphatic rings. The van der Waals surface area contributed by atoms with Gasteiger partial charge in [-0.25, -0.2) is 0 Å². The molecular formula is C16H20ClNOS. The molecule has 2 heterocycles. The molecule has 0 aliphatic heterocycles. The predicted molar refractivity (Wildman–Crippen MR) is 84.6 cm³/mol. The number of hydrogen-bond donors (Lipinski definition) is 1. The molecule has 0 fully saturated rings. The van der Waals surface area contributed by atoms with Crippen LogP contribution in [-0.4, -0.2) is 6.04 Å². The largest absolute Gasteiger partial charge is 0.469 e. The first-order valence-corrected chi connectivity index (χ1v) is 8.48. The zero-order valence-corrected chi connectivity index (χ0v) is 13.3. The zero-order chi connectivity index (χ0) is 13.9. The second-order valence-corrected chi connectivity index (χ2v) is 7.33. The van der Waals surface area contributed by atoms with Gasteiger partial charge in [0.1, 0.15) is 5.76 Å². The number of aryl methyl sites for hydroxylation is 2. The molecule has 0 radical (unpaired) electrons. The van der Waals surface area contributed by atoms with E-state index in [1.807, 2.05) is 12.1 Å². The van der Waals surface area contributed by atoms with Crippen LogP contribution in [0.4, 0.5) is 0 Å². The van der Waals surface area contributed by atoms with Crippen molar-refractivity contribution in [2.75, 3.05) is 0 Å². The highest BCUT2D eigenvalue weighted by atomic mass is 35.5. The summed E-state index contributed by atoms with van der Waals surface area (Å²) in [5, 5.41) is 3.76. The van der Waals surface area contributed by atoms with Crippen LogP contribution in [0.3, 0.4) is 0 Å². The van der Waals surface area contributed by atoms with Crippen molar-refractivity contribution >= 4 is 22.9 Å². The van der Waals surface area contributed by atoms with E-state index < -0.39 is 0 Å². The number of rotatable bonds is 5. The van der Waals surface area contributed by atoms with Gasteiger partial charge in [0.2, 0.25) is 0 Å². The number of halogens is 1. The Morgan fingerprint density at radius 3 is 3.25 bits per heavy atom. The summed E-state index contributed by atoms with van der Waals surface area (Å²) in [5.74, 6) is 1.07. The molecule has 0 saturated carbocycles. The smallest absolute Gasteiger partial charge is 0.103 e. The number of nitrogens with one attached hydrogen (secondary N) is 1. The van der Waals surface area contributed by atoms with E-state index >= 15 is 0 Å². The van der Waals surface area contributed by atoms with E-state index in [2.05, 4.69) is 18.3 Å². The summed E-state index contributed by atoms with van der Waals surface area (Å²) in [6, 6.07) is 7.10. The maximum absolute atomic E-state index is 6.16. The van der Waals surface area contributed by atoms with Gasteiger partial charge >= 0.3 is 0 Å². The van der Waals surface area contributed by atoms with Gasteiger partial charge in [0.15, 0.2) is 0 Å². The monoisotopic (exact) mass is 309 g/mol. The second-order valence-electron chi connectivity index (χ2n) is 5.56. The molecule has 1 N–H and O–H groups in total. The van der Waals surface area contributed by atoms with Crippen LogP contribution in [0.25, 0.3) is 0 Å². The molecule has 0 saturated heterocycles. The van der Waals surface area contributed by atoms with Gasteiger partial charge in [-0.3, -0.25) is 0 Å². The summed E-state index contributed by atoms with van der Waals surface area (Å²) < 4.78 is 6.31. The first-order valence-electron chi connectivity index (χ1n) is 7.29. The normalized spacial score (nSPS) is 19.8. The van der Waals surface area contributed by atoms with Gasteiger partial charge in [-0.1, -0.05) is 11.6 Å². The fourth-order valence-corrected chi connectivity index (χ4v) is 4.32. The van der Waals surface area contributed by atoms with Crippen LogP contribution in [0.5, 0.6) is 0 Å². The Balaban J connectivity index is 1.57. The molecule has 4 heteroatoms. The lowest BCUT2D eigenvalue weighted by molar-refractivity contribution is 0.388. The lowest BCUT2D eigenvalue weighted by Gasteiger charge is -2.27. The van der Waals surface area contributed by atoms with Gasteiger partial charge < -0.3 is 9.73 Å². The third kappa shape index (κ3) is 3.27. The van der Waals surface area contributed by atoms with E-state index in [1.165, 1.54) is 29.7 Å². The van der Waals surface area contributed by atoms with E-state index in [4.69, 9.17) is 16.0 Å². The maximum Gasteiger partial charge on any atom is 0.103 e. The molecule has 1 aliphatic carbocycles. The van der Waals surface area contributed by atoms with Gasteiger partial charge in [-0.15, -0.1) is 11.3 Å². The molecule has 0 bridgehead atoms. The molecule has 2 unspecified atom stereocenters. The summed E-state index contributed by atoms with van der Waals surface area (Å²) in [7, 11) is 0. The van der Waals surface area contributed by atoms with E-state index in [0.29, 0.717) is 12.1 Å². The number of furan rings is 1. The van der Waals surface area contributed by atoms with Crippen molar-refractivity contribution in [1.29, 1.82) is 0 Å². The van der Waals surface area contributed by atoms with Crippen molar-refractivity contribution in [3.05, 3.63) is 45.0 Å². The zero-order valence-electron chi connectivity index (χ0n) is 11.7. The standard InChI is InChI=1S/C16H20ClNOS/c1-11(7-8-12-4-3-9-19-12)18-14-5-2-6-15-13(14)10-16(17)20-15/h3-4,9-11,14,18H,2,5-8H2,1H3. The highest BCUT2D eigenvalue weighted by Crippen LogP contribution is 2.38. The number of fused-ring (bicyclic) bond motifs is 1. The van der Waals surface area contributed by atoms with Gasteiger partial charge in [0.05, 0.1) is 10.6 Å². The Kier molecular flexibility index (Phi) is 4.49. The third-order valence-electron chi connectivity index (χ3n) is 3.97. The minimum absolute atomic E-state index is 0.467. The highest BCUT2D eigenvalue weighted by Gasteiger charge is 2.23. The van der Waals surface area contributed by atoms with Gasteiger partial charge in [0, 0.05) is 23.4 Å².